The molecule has 2 N–H and O–H groups in total. The molecule has 2 nitrogen and oxygen atoms in total. The van der Waals surface area contributed by atoms with Crippen molar-refractivity contribution in [3.8, 4) is 0 Å². The van der Waals surface area contributed by atoms with E-state index in [-0.39, 0.29) is 31.4 Å². The van der Waals surface area contributed by atoms with Crippen LogP contribution in [0.5, 0.6) is 0 Å². The summed E-state index contributed by atoms with van der Waals surface area (Å²) in [5.41, 5.74) is 0. The molecule has 0 aliphatic rings. The molecular formula is H4BMgO2. The van der Waals surface area contributed by atoms with Crippen molar-refractivity contribution in [2.24, 2.45) is 0 Å². The predicted molar refractivity (Wildman–Crippen MR) is 18.0 cm³/mol. The normalized spacial score (nSPS) is 0.750. The maximum Gasteiger partial charge on any atom is 2.00 e. The monoisotopic (exact) mass is 71.0 g/mol. The fourth-order valence-electron chi connectivity index (χ4n) is 0. The van der Waals surface area contributed by atoms with Gasteiger partial charge in [-0.3, -0.25) is 0 Å². The topological polar surface area (TPSA) is 48.6 Å². The van der Waals surface area contributed by atoms with Crippen LogP contribution < -0.4 is 0 Å². The van der Waals surface area contributed by atoms with E-state index in [0.717, 1.165) is 0 Å². The Hall–Kier alpha value is 0.591. The largest absolute Gasteiger partial charge is 2.00 e. The van der Waals surface area contributed by atoms with Gasteiger partial charge in [0.2, 0.25) is 0 Å². The maximum atomic E-state index is 7.75. The Morgan fingerprint density at radius 3 is 1.50 bits per heavy atom. The summed E-state index contributed by atoms with van der Waals surface area (Å²) in [6.45, 7) is 0. The predicted octanol–water partition coefficient (Wildman–Crippen LogP) is -1.48. The first-order chi connectivity index (χ1) is 1.00. The maximum absolute atomic E-state index is 7.75. The summed E-state index contributed by atoms with van der Waals surface area (Å²) in [5.74, 6) is 0. The molecule has 0 aromatic rings. The molecule has 0 aromatic carbocycles. The molecule has 0 aromatic heterocycles. The van der Waals surface area contributed by atoms with Gasteiger partial charge in [0.1, 0.15) is 0 Å². The van der Waals surface area contributed by atoms with Gasteiger partial charge in [0.15, 0.2) is 0 Å². The van der Waals surface area contributed by atoms with E-state index >= 15 is 0 Å². The van der Waals surface area contributed by atoms with Gasteiger partial charge >= 0.3 is 35.5 Å². The Balaban J connectivity index is -0.000000000833. The van der Waals surface area contributed by atoms with Gasteiger partial charge in [0, 0.05) is 0 Å². The van der Waals surface area contributed by atoms with Crippen LogP contribution in [0.4, 0.5) is 0 Å². The molecule has 0 rings (SSSR count). The molecular weight excluding hydrogens is 67.1 g/mol. The second-order valence-electron chi connectivity index (χ2n) is 0. The molecule has 1 radical (unpaired) electrons. The molecule has 4 heavy (non-hydrogen) atoms. The standard InChI is InChI=1S/BO.Mg.H2O.2H/c1-2;;;;/h;;1H2;;/q;+2;;2*-1. The SMILES string of the molecule is O.[B]=O.[H-].[H-].[Mg+2]. The third kappa shape index (κ3) is 18.8. The quantitative estimate of drug-likeness (QED) is 0.321. The van der Waals surface area contributed by atoms with E-state index in [1.54, 1.807) is 0 Å². The van der Waals surface area contributed by atoms with E-state index < -0.39 is 0 Å². The first-order valence-electron chi connectivity index (χ1n) is 0.236. The molecule has 21 valence electrons. The first kappa shape index (κ1) is 23.4. The summed E-state index contributed by atoms with van der Waals surface area (Å²) in [4.78, 5) is 0. The van der Waals surface area contributed by atoms with Crippen molar-refractivity contribution < 1.29 is 13.0 Å². The summed E-state index contributed by atoms with van der Waals surface area (Å²) >= 11 is 0. The van der Waals surface area contributed by atoms with Crippen molar-refractivity contribution in [2.75, 3.05) is 0 Å². The van der Waals surface area contributed by atoms with Crippen LogP contribution in [0.1, 0.15) is 2.85 Å². The molecule has 0 unspecified atom stereocenters. The van der Waals surface area contributed by atoms with E-state index in [9.17, 15) is 0 Å². The van der Waals surface area contributed by atoms with Crippen molar-refractivity contribution in [3.63, 3.8) is 0 Å². The zero-order chi connectivity index (χ0) is 2.00. The second kappa shape index (κ2) is 69.0. The summed E-state index contributed by atoms with van der Waals surface area (Å²) in [6, 6.07) is 0. The van der Waals surface area contributed by atoms with Gasteiger partial charge in [0.25, 0.3) is 0 Å². The Morgan fingerprint density at radius 1 is 1.50 bits per heavy atom. The molecule has 0 amide bonds. The first-order valence-corrected chi connectivity index (χ1v) is 0.236. The third-order valence-electron chi connectivity index (χ3n) is 0. The number of rotatable bonds is 0. The molecule has 0 fully saturated rings. The Bertz CT molecular complexity index is 11.5. The van der Waals surface area contributed by atoms with E-state index in [0.29, 0.717) is 0 Å². The van der Waals surface area contributed by atoms with E-state index in [4.69, 9.17) is 4.70 Å². The van der Waals surface area contributed by atoms with Gasteiger partial charge in [-0.1, -0.05) is 0 Å². The zero-order valence-electron chi connectivity index (χ0n) is 4.19. The van der Waals surface area contributed by atoms with Gasteiger partial charge in [0.05, 0.1) is 0 Å². The molecule has 0 aliphatic heterocycles. The van der Waals surface area contributed by atoms with Crippen molar-refractivity contribution in [3.05, 3.63) is 0 Å². The summed E-state index contributed by atoms with van der Waals surface area (Å²) < 4.78 is 7.75. The zero-order valence-corrected chi connectivity index (χ0v) is 3.61. The van der Waals surface area contributed by atoms with E-state index in [1.807, 2.05) is 0 Å². The second-order valence-corrected chi connectivity index (χ2v) is 0. The van der Waals surface area contributed by atoms with Crippen molar-refractivity contribution >= 4 is 30.8 Å². The average Bonchev–Trinajstić information content (AvgIpc) is 1.00. The van der Waals surface area contributed by atoms with Crippen LogP contribution in [-0.2, 0) is 4.70 Å². The van der Waals surface area contributed by atoms with Crippen LogP contribution in [-0.4, -0.2) is 36.2 Å². The van der Waals surface area contributed by atoms with Gasteiger partial charge in [-0.2, -0.15) is 0 Å². The van der Waals surface area contributed by atoms with Crippen LogP contribution >= 0.6 is 0 Å². The van der Waals surface area contributed by atoms with Gasteiger partial charge in [-0.05, 0) is 0 Å². The average molecular weight is 71.1 g/mol. The number of hydrogen-bond donors (Lipinski definition) is 0. The Morgan fingerprint density at radius 2 is 1.50 bits per heavy atom. The van der Waals surface area contributed by atoms with E-state index in [1.165, 1.54) is 0 Å². The molecule has 0 spiro atoms. The minimum absolute atomic E-state index is 0. The molecule has 4 heteroatoms. The van der Waals surface area contributed by atoms with Crippen LogP contribution in [0.2, 0.25) is 0 Å². The molecule has 0 bridgehead atoms. The third-order valence-corrected chi connectivity index (χ3v) is 0. The molecule has 0 saturated carbocycles. The Kier molecular flexibility index (Phi) is 403. The fraction of sp³-hybridized carbons (Fsp3) is 0. The molecule has 0 atom stereocenters. The van der Waals surface area contributed by atoms with Crippen LogP contribution in [0.15, 0.2) is 0 Å². The Labute approximate surface area is 44.4 Å². The van der Waals surface area contributed by atoms with Gasteiger partial charge < -0.3 is 8.33 Å². The van der Waals surface area contributed by atoms with E-state index in [2.05, 4.69) is 7.72 Å². The molecule has 0 aliphatic carbocycles. The molecule has 0 saturated heterocycles. The van der Waals surface area contributed by atoms with Crippen LogP contribution in [0, 0.1) is 0 Å². The minimum Gasteiger partial charge on any atom is -1.00 e. The smallest absolute Gasteiger partial charge is 1.00 e. The van der Waals surface area contributed by atoms with Gasteiger partial charge in [-0.15, -0.1) is 0 Å². The van der Waals surface area contributed by atoms with Crippen LogP contribution in [0.25, 0.3) is 0 Å². The summed E-state index contributed by atoms with van der Waals surface area (Å²) in [7, 11) is 3.25. The van der Waals surface area contributed by atoms with Crippen LogP contribution in [0.3, 0.4) is 0 Å². The van der Waals surface area contributed by atoms with Crippen molar-refractivity contribution in [2.45, 2.75) is 0 Å². The summed E-state index contributed by atoms with van der Waals surface area (Å²) in [5, 5.41) is 0. The minimum atomic E-state index is 0. The van der Waals surface area contributed by atoms with Crippen molar-refractivity contribution in [1.29, 1.82) is 0 Å². The van der Waals surface area contributed by atoms with Gasteiger partial charge in [-0.25, -0.2) is 0 Å². The number of hydrogen-bond acceptors (Lipinski definition) is 1. The fourth-order valence-corrected chi connectivity index (χ4v) is 0. The summed E-state index contributed by atoms with van der Waals surface area (Å²) in [6.07, 6.45) is 0. The molecule has 0 heterocycles. The van der Waals surface area contributed by atoms with Crippen molar-refractivity contribution in [1.82, 2.24) is 0 Å².